The van der Waals surface area contributed by atoms with Gasteiger partial charge in [-0.1, -0.05) is 12.2 Å². The second-order valence-corrected chi connectivity index (χ2v) is 6.28. The largest absolute Gasteiger partial charge is 0.469 e. The number of hydrogen-bond acceptors (Lipinski definition) is 5. The van der Waals surface area contributed by atoms with Gasteiger partial charge in [-0.05, 0) is 12.8 Å². The minimum Gasteiger partial charge on any atom is -0.469 e. The molecular formula is C15H19NO5. The van der Waals surface area contributed by atoms with Gasteiger partial charge in [-0.25, -0.2) is 0 Å². The molecule has 0 aliphatic carbocycles. The molecule has 6 heteroatoms. The van der Waals surface area contributed by atoms with Crippen molar-refractivity contribution in [2.75, 3.05) is 26.8 Å². The molecule has 21 heavy (non-hydrogen) atoms. The van der Waals surface area contributed by atoms with E-state index < -0.39 is 17.4 Å². The molecule has 0 unspecified atom stereocenters. The number of nitrogens with zero attached hydrogens (tertiary/aromatic N) is 1. The van der Waals surface area contributed by atoms with Crippen LogP contribution in [0.3, 0.4) is 0 Å². The monoisotopic (exact) mass is 293 g/mol. The standard InChI is InChI=1S/C15H19NO5/c1-19-14(18)11-10-4-5-15(21-10)8-16(13(17)12(11)15)7-9-3-2-6-20-9/h4-5,9-12H,2-3,6-8H2,1H3/t9-,10-,11+,12-,15+/m1/s1. The molecule has 1 amide bonds. The van der Waals surface area contributed by atoms with Crippen LogP contribution in [0.2, 0.25) is 0 Å². The maximum atomic E-state index is 12.7. The maximum Gasteiger partial charge on any atom is 0.312 e. The van der Waals surface area contributed by atoms with Crippen LogP contribution in [-0.4, -0.2) is 61.4 Å². The van der Waals surface area contributed by atoms with Crippen LogP contribution in [0.1, 0.15) is 12.8 Å². The summed E-state index contributed by atoms with van der Waals surface area (Å²) in [6.07, 6.45) is 5.67. The van der Waals surface area contributed by atoms with Crippen LogP contribution < -0.4 is 0 Å². The Kier molecular flexibility index (Phi) is 2.87. The molecule has 5 atom stereocenters. The highest BCUT2D eigenvalue weighted by molar-refractivity contribution is 5.91. The van der Waals surface area contributed by atoms with Crippen molar-refractivity contribution in [3.8, 4) is 0 Å². The third-order valence-corrected chi connectivity index (χ3v) is 5.10. The van der Waals surface area contributed by atoms with Crippen molar-refractivity contribution < 1.29 is 23.8 Å². The topological polar surface area (TPSA) is 65.1 Å². The Balaban J connectivity index is 1.57. The summed E-state index contributed by atoms with van der Waals surface area (Å²) >= 11 is 0. The zero-order chi connectivity index (χ0) is 14.6. The summed E-state index contributed by atoms with van der Waals surface area (Å²) in [7, 11) is 1.36. The fourth-order valence-corrected chi connectivity index (χ4v) is 4.17. The maximum absolute atomic E-state index is 12.7. The summed E-state index contributed by atoms with van der Waals surface area (Å²) in [5.74, 6) is -1.32. The SMILES string of the molecule is COC(=O)[C@H]1[C@H]2C=C[C@@]3(CN(C[C@H]4CCCO4)C(=O)[C@@H]13)O2. The number of methoxy groups -OCH3 is 1. The Morgan fingerprint density at radius 1 is 1.57 bits per heavy atom. The van der Waals surface area contributed by atoms with Gasteiger partial charge in [-0.15, -0.1) is 0 Å². The van der Waals surface area contributed by atoms with Gasteiger partial charge in [0.25, 0.3) is 0 Å². The molecule has 0 aromatic carbocycles. The first-order valence-corrected chi connectivity index (χ1v) is 7.50. The lowest BCUT2D eigenvalue weighted by atomic mass is 9.77. The highest BCUT2D eigenvalue weighted by atomic mass is 16.5. The molecule has 1 spiro atoms. The molecule has 2 bridgehead atoms. The van der Waals surface area contributed by atoms with Crippen LogP contribution in [0.5, 0.6) is 0 Å². The number of carbonyl (C=O) groups is 2. The van der Waals surface area contributed by atoms with Gasteiger partial charge in [-0.2, -0.15) is 0 Å². The van der Waals surface area contributed by atoms with E-state index in [1.807, 2.05) is 12.2 Å². The van der Waals surface area contributed by atoms with Crippen molar-refractivity contribution in [1.29, 1.82) is 0 Å². The highest BCUT2D eigenvalue weighted by Gasteiger charge is 2.67. The smallest absolute Gasteiger partial charge is 0.312 e. The molecule has 0 radical (unpaired) electrons. The lowest BCUT2D eigenvalue weighted by Crippen LogP contribution is -2.40. The average Bonchev–Trinajstić information content (AvgIpc) is 3.22. The van der Waals surface area contributed by atoms with Gasteiger partial charge in [0, 0.05) is 13.2 Å². The Bertz CT molecular complexity index is 512. The van der Waals surface area contributed by atoms with Crippen molar-refractivity contribution in [3.05, 3.63) is 12.2 Å². The van der Waals surface area contributed by atoms with E-state index in [1.165, 1.54) is 7.11 Å². The van der Waals surface area contributed by atoms with Crippen LogP contribution in [0.25, 0.3) is 0 Å². The van der Waals surface area contributed by atoms with Crippen molar-refractivity contribution in [3.63, 3.8) is 0 Å². The summed E-state index contributed by atoms with van der Waals surface area (Å²) in [5.41, 5.74) is -0.640. The molecule has 6 nitrogen and oxygen atoms in total. The van der Waals surface area contributed by atoms with E-state index in [1.54, 1.807) is 4.90 Å². The van der Waals surface area contributed by atoms with E-state index in [0.29, 0.717) is 13.1 Å². The second-order valence-electron chi connectivity index (χ2n) is 6.28. The molecule has 3 fully saturated rings. The lowest BCUT2D eigenvalue weighted by molar-refractivity contribution is -0.151. The van der Waals surface area contributed by atoms with Crippen molar-refractivity contribution in [1.82, 2.24) is 4.90 Å². The van der Waals surface area contributed by atoms with E-state index in [9.17, 15) is 9.59 Å². The van der Waals surface area contributed by atoms with Crippen LogP contribution in [0.15, 0.2) is 12.2 Å². The fraction of sp³-hybridized carbons (Fsp3) is 0.733. The van der Waals surface area contributed by atoms with Crippen molar-refractivity contribution >= 4 is 11.9 Å². The Morgan fingerprint density at radius 2 is 2.43 bits per heavy atom. The molecule has 3 saturated heterocycles. The molecule has 4 aliphatic heterocycles. The van der Waals surface area contributed by atoms with Gasteiger partial charge in [0.2, 0.25) is 5.91 Å². The summed E-state index contributed by atoms with van der Waals surface area (Å²) in [6, 6.07) is 0. The Labute approximate surface area is 123 Å². The summed E-state index contributed by atoms with van der Waals surface area (Å²) in [4.78, 5) is 26.5. The zero-order valence-corrected chi connectivity index (χ0v) is 12.0. The zero-order valence-electron chi connectivity index (χ0n) is 12.0. The minimum atomic E-state index is -0.640. The number of likely N-dealkylation sites (tertiary alicyclic amines) is 1. The first-order valence-electron chi connectivity index (χ1n) is 7.50. The Morgan fingerprint density at radius 3 is 3.14 bits per heavy atom. The predicted octanol–water partition coefficient (Wildman–Crippen LogP) is 0.120. The first kappa shape index (κ1) is 13.3. The number of hydrogen-bond donors (Lipinski definition) is 0. The number of ether oxygens (including phenoxy) is 3. The first-order chi connectivity index (χ1) is 10.1. The highest BCUT2D eigenvalue weighted by Crippen LogP contribution is 2.52. The molecule has 4 aliphatic rings. The van der Waals surface area contributed by atoms with E-state index in [2.05, 4.69) is 0 Å². The molecule has 0 N–H and O–H groups in total. The molecule has 4 heterocycles. The van der Waals surface area contributed by atoms with Gasteiger partial charge in [0.15, 0.2) is 0 Å². The lowest BCUT2D eigenvalue weighted by Gasteiger charge is -2.23. The summed E-state index contributed by atoms with van der Waals surface area (Å²) in [5, 5.41) is 0. The number of rotatable bonds is 3. The number of fused-ring (bicyclic) bond motifs is 1. The van der Waals surface area contributed by atoms with E-state index in [4.69, 9.17) is 14.2 Å². The second kappa shape index (κ2) is 4.55. The van der Waals surface area contributed by atoms with Crippen LogP contribution in [0, 0.1) is 11.8 Å². The third-order valence-electron chi connectivity index (χ3n) is 5.10. The van der Waals surface area contributed by atoms with E-state index in [-0.39, 0.29) is 24.1 Å². The van der Waals surface area contributed by atoms with E-state index in [0.717, 1.165) is 19.4 Å². The molecule has 0 aromatic heterocycles. The third kappa shape index (κ3) is 1.78. The van der Waals surface area contributed by atoms with Crippen LogP contribution in [0.4, 0.5) is 0 Å². The molecular weight excluding hydrogens is 274 g/mol. The van der Waals surface area contributed by atoms with Crippen molar-refractivity contribution in [2.24, 2.45) is 11.8 Å². The summed E-state index contributed by atoms with van der Waals surface area (Å²) in [6.45, 7) is 1.87. The molecule has 0 saturated carbocycles. The fourth-order valence-electron chi connectivity index (χ4n) is 4.17. The number of esters is 1. The van der Waals surface area contributed by atoms with Gasteiger partial charge >= 0.3 is 5.97 Å². The quantitative estimate of drug-likeness (QED) is 0.546. The average molecular weight is 293 g/mol. The molecule has 0 aromatic rings. The van der Waals surface area contributed by atoms with Gasteiger partial charge in [0.1, 0.15) is 11.5 Å². The minimum absolute atomic E-state index is 0.00671. The van der Waals surface area contributed by atoms with Gasteiger partial charge in [0.05, 0.1) is 31.8 Å². The Hall–Kier alpha value is -1.40. The predicted molar refractivity (Wildman–Crippen MR) is 71.3 cm³/mol. The van der Waals surface area contributed by atoms with Crippen LogP contribution >= 0.6 is 0 Å². The van der Waals surface area contributed by atoms with Crippen LogP contribution in [-0.2, 0) is 23.8 Å². The van der Waals surface area contributed by atoms with Gasteiger partial charge in [-0.3, -0.25) is 9.59 Å². The number of amides is 1. The van der Waals surface area contributed by atoms with E-state index >= 15 is 0 Å². The molecule has 114 valence electrons. The summed E-state index contributed by atoms with van der Waals surface area (Å²) < 4.78 is 16.4. The molecule has 4 rings (SSSR count). The van der Waals surface area contributed by atoms with Crippen molar-refractivity contribution in [2.45, 2.75) is 30.7 Å². The van der Waals surface area contributed by atoms with Gasteiger partial charge < -0.3 is 19.1 Å². The number of carbonyl (C=O) groups excluding carboxylic acids is 2. The normalized spacial score (nSPS) is 43.7.